The lowest BCUT2D eigenvalue weighted by Crippen LogP contribution is -2.51. The number of carbonyl (C=O) groups excluding carboxylic acids is 1. The van der Waals surface area contributed by atoms with Gasteiger partial charge in [-0.25, -0.2) is 0 Å². The monoisotopic (exact) mass is 403 g/mol. The molecule has 1 aromatic carbocycles. The predicted molar refractivity (Wildman–Crippen MR) is 117 cm³/mol. The van der Waals surface area contributed by atoms with Crippen LogP contribution in [0.5, 0.6) is 0 Å². The number of aromatic nitrogens is 1. The molecule has 0 radical (unpaired) electrons. The number of fused-ring (bicyclic) bond motifs is 1. The van der Waals surface area contributed by atoms with Crippen molar-refractivity contribution >= 4 is 16.9 Å². The largest absolute Gasteiger partial charge is 0.464 e. The van der Waals surface area contributed by atoms with E-state index in [0.29, 0.717) is 17.7 Å². The number of amides is 1. The molecule has 5 nitrogen and oxygen atoms in total. The van der Waals surface area contributed by atoms with Crippen molar-refractivity contribution < 1.29 is 9.21 Å². The minimum atomic E-state index is 0.295. The van der Waals surface area contributed by atoms with Crippen molar-refractivity contribution in [2.45, 2.75) is 38.6 Å². The summed E-state index contributed by atoms with van der Waals surface area (Å²) in [5.41, 5.74) is 3.65. The number of hydrogen-bond acceptors (Lipinski definition) is 4. The summed E-state index contributed by atoms with van der Waals surface area (Å²) in [6.07, 6.45) is 8.51. The van der Waals surface area contributed by atoms with Gasteiger partial charge in [0.15, 0.2) is 0 Å². The molecule has 0 saturated carbocycles. The maximum Gasteiger partial charge on any atom is 0.222 e. The summed E-state index contributed by atoms with van der Waals surface area (Å²) in [7, 11) is 0. The van der Waals surface area contributed by atoms with Crippen molar-refractivity contribution in [2.24, 2.45) is 5.41 Å². The van der Waals surface area contributed by atoms with Gasteiger partial charge in [-0.1, -0.05) is 12.1 Å². The number of benzene rings is 1. The van der Waals surface area contributed by atoms with E-state index in [1.165, 1.54) is 23.8 Å². The summed E-state index contributed by atoms with van der Waals surface area (Å²) >= 11 is 0. The lowest BCUT2D eigenvalue weighted by Gasteiger charge is -2.47. The Bertz CT molecular complexity index is 1010. The third-order valence-electron chi connectivity index (χ3n) is 6.95. The zero-order chi connectivity index (χ0) is 20.4. The van der Waals surface area contributed by atoms with E-state index in [2.05, 4.69) is 33.0 Å². The van der Waals surface area contributed by atoms with Crippen LogP contribution in [0.4, 0.5) is 0 Å². The first kappa shape index (κ1) is 19.3. The number of hydrogen-bond donors (Lipinski definition) is 0. The summed E-state index contributed by atoms with van der Waals surface area (Å²) in [5.74, 6) is 0.312. The molecule has 2 aliphatic rings. The third-order valence-corrected chi connectivity index (χ3v) is 6.95. The van der Waals surface area contributed by atoms with Gasteiger partial charge >= 0.3 is 0 Å². The Kier molecular flexibility index (Phi) is 5.30. The summed E-state index contributed by atoms with van der Waals surface area (Å²) in [6.45, 7) is 4.89. The highest BCUT2D eigenvalue weighted by molar-refractivity contribution is 5.78. The second kappa shape index (κ2) is 8.23. The molecule has 2 saturated heterocycles. The minimum absolute atomic E-state index is 0.295. The highest BCUT2D eigenvalue weighted by atomic mass is 16.3. The Balaban J connectivity index is 1.17. The molecule has 4 heterocycles. The SMILES string of the molecule is O=C1CCC2(CCN(Cc3ccc4occc4c3)CC2)CN1CCc1ccccn1. The Labute approximate surface area is 177 Å². The van der Waals surface area contributed by atoms with Crippen molar-refractivity contribution in [1.29, 1.82) is 0 Å². The molecular formula is C25H29N3O2. The van der Waals surface area contributed by atoms with Gasteiger partial charge in [0, 0.05) is 49.8 Å². The average Bonchev–Trinajstić information content (AvgIpc) is 3.25. The van der Waals surface area contributed by atoms with Gasteiger partial charge in [-0.3, -0.25) is 14.7 Å². The van der Waals surface area contributed by atoms with Crippen LogP contribution < -0.4 is 0 Å². The highest BCUT2D eigenvalue weighted by Gasteiger charge is 2.40. The fraction of sp³-hybridized carbons (Fsp3) is 0.440. The fourth-order valence-electron chi connectivity index (χ4n) is 5.07. The molecule has 5 heteroatoms. The molecule has 2 aromatic heterocycles. The topological polar surface area (TPSA) is 49.6 Å². The molecule has 5 rings (SSSR count). The number of piperidine rings is 2. The van der Waals surface area contributed by atoms with Crippen molar-refractivity contribution in [3.05, 3.63) is 66.2 Å². The maximum atomic E-state index is 12.5. The van der Waals surface area contributed by atoms with Crippen LogP contribution in [-0.2, 0) is 17.8 Å². The van der Waals surface area contributed by atoms with Gasteiger partial charge in [-0.2, -0.15) is 0 Å². The smallest absolute Gasteiger partial charge is 0.222 e. The van der Waals surface area contributed by atoms with Gasteiger partial charge in [-0.15, -0.1) is 0 Å². The van der Waals surface area contributed by atoms with Crippen LogP contribution in [0.25, 0.3) is 11.0 Å². The van der Waals surface area contributed by atoms with Gasteiger partial charge in [0.05, 0.1) is 6.26 Å². The first-order chi connectivity index (χ1) is 14.7. The summed E-state index contributed by atoms with van der Waals surface area (Å²) in [5, 5.41) is 1.18. The molecule has 0 atom stereocenters. The lowest BCUT2D eigenvalue weighted by atomic mass is 9.72. The molecule has 156 valence electrons. The maximum absolute atomic E-state index is 12.5. The number of nitrogens with zero attached hydrogens (tertiary/aromatic N) is 3. The normalized spacial score (nSPS) is 19.6. The molecule has 0 N–H and O–H groups in total. The zero-order valence-electron chi connectivity index (χ0n) is 17.4. The highest BCUT2D eigenvalue weighted by Crippen LogP contribution is 2.40. The van der Waals surface area contributed by atoms with Crippen LogP contribution in [0.1, 0.15) is 36.9 Å². The van der Waals surface area contributed by atoms with Crippen molar-refractivity contribution in [3.8, 4) is 0 Å². The van der Waals surface area contributed by atoms with E-state index in [9.17, 15) is 4.79 Å². The predicted octanol–water partition coefficient (Wildman–Crippen LogP) is 4.28. The van der Waals surface area contributed by atoms with Crippen LogP contribution in [0, 0.1) is 5.41 Å². The fourth-order valence-corrected chi connectivity index (χ4v) is 5.07. The van der Waals surface area contributed by atoms with Gasteiger partial charge in [-0.05, 0) is 73.7 Å². The van der Waals surface area contributed by atoms with E-state index >= 15 is 0 Å². The van der Waals surface area contributed by atoms with Gasteiger partial charge in [0.25, 0.3) is 0 Å². The second-order valence-corrected chi connectivity index (χ2v) is 8.96. The standard InChI is InChI=1S/C25H29N3O2/c29-24-6-9-25(19-28(24)13-7-22-3-1-2-12-26-22)10-14-27(15-11-25)18-20-4-5-23-21(17-20)8-16-30-23/h1-5,8,12,16-17H,6-7,9-11,13-15,18-19H2. The van der Waals surface area contributed by atoms with Crippen LogP contribution in [-0.4, -0.2) is 46.9 Å². The Morgan fingerprint density at radius 2 is 1.97 bits per heavy atom. The van der Waals surface area contributed by atoms with Gasteiger partial charge < -0.3 is 9.32 Å². The molecule has 1 amide bonds. The number of rotatable bonds is 5. The van der Waals surface area contributed by atoms with Crippen LogP contribution in [0.3, 0.4) is 0 Å². The van der Waals surface area contributed by atoms with E-state index in [0.717, 1.165) is 56.8 Å². The molecule has 0 unspecified atom stereocenters. The Morgan fingerprint density at radius 3 is 2.80 bits per heavy atom. The first-order valence-corrected chi connectivity index (χ1v) is 11.1. The molecule has 3 aromatic rings. The third kappa shape index (κ3) is 4.12. The molecule has 0 aliphatic carbocycles. The molecule has 1 spiro atoms. The quantitative estimate of drug-likeness (QED) is 0.638. The van der Waals surface area contributed by atoms with Crippen molar-refractivity contribution in [2.75, 3.05) is 26.2 Å². The molecule has 2 aliphatic heterocycles. The molecule has 2 fully saturated rings. The van der Waals surface area contributed by atoms with Crippen LogP contribution in [0.15, 0.2) is 59.3 Å². The van der Waals surface area contributed by atoms with Crippen LogP contribution in [0.2, 0.25) is 0 Å². The molecular weight excluding hydrogens is 374 g/mol. The van der Waals surface area contributed by atoms with Crippen molar-refractivity contribution in [1.82, 2.24) is 14.8 Å². The average molecular weight is 404 g/mol. The van der Waals surface area contributed by atoms with E-state index in [1.807, 2.05) is 30.5 Å². The summed E-state index contributed by atoms with van der Waals surface area (Å²) in [6, 6.07) is 14.5. The van der Waals surface area contributed by atoms with Gasteiger partial charge in [0.1, 0.15) is 5.58 Å². The number of likely N-dealkylation sites (tertiary alicyclic amines) is 2. The van der Waals surface area contributed by atoms with Crippen molar-refractivity contribution in [3.63, 3.8) is 0 Å². The van der Waals surface area contributed by atoms with E-state index in [4.69, 9.17) is 4.42 Å². The number of carbonyl (C=O) groups is 1. The Morgan fingerprint density at radius 1 is 1.07 bits per heavy atom. The lowest BCUT2D eigenvalue weighted by molar-refractivity contribution is -0.139. The molecule has 0 bridgehead atoms. The summed E-state index contributed by atoms with van der Waals surface area (Å²) < 4.78 is 5.46. The first-order valence-electron chi connectivity index (χ1n) is 11.1. The van der Waals surface area contributed by atoms with E-state index < -0.39 is 0 Å². The molecule has 30 heavy (non-hydrogen) atoms. The number of furan rings is 1. The zero-order valence-corrected chi connectivity index (χ0v) is 17.4. The minimum Gasteiger partial charge on any atom is -0.464 e. The second-order valence-electron chi connectivity index (χ2n) is 8.96. The van der Waals surface area contributed by atoms with E-state index in [1.54, 1.807) is 6.26 Å². The van der Waals surface area contributed by atoms with Gasteiger partial charge in [0.2, 0.25) is 5.91 Å². The summed E-state index contributed by atoms with van der Waals surface area (Å²) in [4.78, 5) is 21.6. The van der Waals surface area contributed by atoms with Crippen LogP contribution >= 0.6 is 0 Å². The Hall–Kier alpha value is -2.66. The van der Waals surface area contributed by atoms with E-state index in [-0.39, 0.29) is 0 Å². The number of pyridine rings is 1.